The van der Waals surface area contributed by atoms with Crippen LogP contribution in [0.5, 0.6) is 11.5 Å². The Morgan fingerprint density at radius 2 is 2.00 bits per heavy atom. The van der Waals surface area contributed by atoms with E-state index in [1.165, 1.54) is 19.2 Å². The summed E-state index contributed by atoms with van der Waals surface area (Å²) in [6, 6.07) is 8.55. The molecular formula is C16H11N4O6-. The second kappa shape index (κ2) is 6.51. The van der Waals surface area contributed by atoms with Gasteiger partial charge in [0.25, 0.3) is 11.2 Å². The molecule has 0 atom stereocenters. The molecule has 1 heterocycles. The highest BCUT2D eigenvalue weighted by Crippen LogP contribution is 2.31. The predicted octanol–water partition coefficient (Wildman–Crippen LogP) is 0.562. The van der Waals surface area contributed by atoms with E-state index in [9.17, 15) is 24.8 Å². The van der Waals surface area contributed by atoms with Gasteiger partial charge in [0.05, 0.1) is 35.2 Å². The maximum absolute atomic E-state index is 12.4. The van der Waals surface area contributed by atoms with E-state index in [2.05, 4.69) is 10.1 Å². The maximum atomic E-state index is 12.4. The molecule has 0 bridgehead atoms. The van der Waals surface area contributed by atoms with E-state index in [0.29, 0.717) is 10.2 Å². The topological polar surface area (TPSA) is 143 Å². The Bertz CT molecular complexity index is 1160. The van der Waals surface area contributed by atoms with Crippen molar-refractivity contribution in [1.82, 2.24) is 9.66 Å². The van der Waals surface area contributed by atoms with E-state index in [1.54, 1.807) is 18.2 Å². The first-order valence-corrected chi connectivity index (χ1v) is 7.24. The van der Waals surface area contributed by atoms with Crippen LogP contribution < -0.4 is 21.1 Å². The number of fused-ring (bicyclic) bond motifs is 1. The molecule has 0 aliphatic rings. The molecule has 10 heteroatoms. The highest BCUT2D eigenvalue weighted by molar-refractivity contribution is 5.86. The molecule has 1 N–H and O–H groups in total. The highest BCUT2D eigenvalue weighted by atomic mass is 16.6. The molecule has 1 aromatic heterocycles. The van der Waals surface area contributed by atoms with E-state index < -0.39 is 27.6 Å². The number of aromatic nitrogens is 2. The lowest BCUT2D eigenvalue weighted by atomic mass is 10.1. The maximum Gasteiger partial charge on any atom is 0.349 e. The lowest BCUT2D eigenvalue weighted by Gasteiger charge is -2.12. The number of ether oxygens (including phenoxy) is 1. The third-order valence-electron chi connectivity index (χ3n) is 3.60. The molecule has 0 aliphatic carbocycles. The van der Waals surface area contributed by atoms with Crippen LogP contribution in [0.25, 0.3) is 10.9 Å². The van der Waals surface area contributed by atoms with Crippen LogP contribution in [0.15, 0.2) is 51.1 Å². The fourth-order valence-electron chi connectivity index (χ4n) is 2.34. The number of rotatable bonds is 4. The number of hydrogen-bond acceptors (Lipinski definition) is 7. The van der Waals surface area contributed by atoms with Gasteiger partial charge in [-0.25, -0.2) is 4.79 Å². The molecule has 0 spiro atoms. The van der Waals surface area contributed by atoms with Crippen LogP contribution in [-0.2, 0) is 0 Å². The number of hydrogen-bond donors (Lipinski definition) is 1. The quantitative estimate of drug-likeness (QED) is 0.411. The number of methoxy groups -OCH3 is 1. The SMILES string of the molecule is COc1cc(/C=N/n2c(=O)[nH]c3ccccc3c2=O)c([O-])c([N+](=O)[O-])c1. The predicted molar refractivity (Wildman–Crippen MR) is 90.9 cm³/mol. The number of nitro groups is 1. The minimum absolute atomic E-state index is 0.0671. The number of nitrogens with one attached hydrogen (secondary N) is 1. The molecule has 0 fully saturated rings. The molecule has 2 aromatic carbocycles. The van der Waals surface area contributed by atoms with Crippen LogP contribution in [0.3, 0.4) is 0 Å². The lowest BCUT2D eigenvalue weighted by Crippen LogP contribution is -2.32. The van der Waals surface area contributed by atoms with Crippen molar-refractivity contribution in [1.29, 1.82) is 0 Å². The highest BCUT2D eigenvalue weighted by Gasteiger charge is 2.13. The van der Waals surface area contributed by atoms with Gasteiger partial charge >= 0.3 is 5.69 Å². The van der Waals surface area contributed by atoms with Crippen molar-refractivity contribution in [2.45, 2.75) is 0 Å². The number of benzene rings is 2. The minimum atomic E-state index is -0.912. The molecular weight excluding hydrogens is 344 g/mol. The van der Waals surface area contributed by atoms with Crippen molar-refractivity contribution in [3.05, 3.63) is 72.9 Å². The molecule has 132 valence electrons. The van der Waals surface area contributed by atoms with Crippen molar-refractivity contribution >= 4 is 22.8 Å². The molecule has 0 saturated heterocycles. The Morgan fingerprint density at radius 3 is 2.69 bits per heavy atom. The summed E-state index contributed by atoms with van der Waals surface area (Å²) in [6.45, 7) is 0. The summed E-state index contributed by atoms with van der Waals surface area (Å²) in [5.41, 5.74) is -2.06. The summed E-state index contributed by atoms with van der Waals surface area (Å²) >= 11 is 0. The number of nitrogens with zero attached hydrogens (tertiary/aromatic N) is 3. The van der Waals surface area contributed by atoms with Crippen LogP contribution in [-0.4, -0.2) is 27.9 Å². The summed E-state index contributed by atoms with van der Waals surface area (Å²) in [6.07, 6.45) is 0.906. The van der Waals surface area contributed by atoms with Gasteiger partial charge in [0.15, 0.2) is 0 Å². The summed E-state index contributed by atoms with van der Waals surface area (Å²) in [4.78, 5) is 37.0. The second-order valence-electron chi connectivity index (χ2n) is 5.16. The largest absolute Gasteiger partial charge is 0.867 e. The molecule has 0 aliphatic heterocycles. The average molecular weight is 355 g/mol. The van der Waals surface area contributed by atoms with Crippen molar-refractivity contribution in [2.24, 2.45) is 5.10 Å². The van der Waals surface area contributed by atoms with Gasteiger partial charge in [0.1, 0.15) is 5.75 Å². The standard InChI is InChI=1S/C16H12N4O6/c1-26-10-6-9(14(21)13(7-10)20(24)25)8-17-19-15(22)11-4-2-3-5-12(11)18-16(19)23/h2-8,21H,1H3,(H,18,23)/p-1/b17-8+. The zero-order valence-electron chi connectivity index (χ0n) is 13.3. The van der Waals surface area contributed by atoms with Crippen LogP contribution >= 0.6 is 0 Å². The fraction of sp³-hybridized carbons (Fsp3) is 0.0625. The van der Waals surface area contributed by atoms with Crippen LogP contribution in [0, 0.1) is 10.1 Å². The smallest absolute Gasteiger partial charge is 0.349 e. The lowest BCUT2D eigenvalue weighted by molar-refractivity contribution is -0.398. The van der Waals surface area contributed by atoms with E-state index in [4.69, 9.17) is 4.74 Å². The van der Waals surface area contributed by atoms with Gasteiger partial charge in [-0.05, 0) is 29.5 Å². The third kappa shape index (κ3) is 2.90. The third-order valence-corrected chi connectivity index (χ3v) is 3.60. The van der Waals surface area contributed by atoms with E-state index >= 15 is 0 Å². The first-order valence-electron chi connectivity index (χ1n) is 7.24. The first-order chi connectivity index (χ1) is 12.4. The van der Waals surface area contributed by atoms with Crippen molar-refractivity contribution in [2.75, 3.05) is 7.11 Å². The fourth-order valence-corrected chi connectivity index (χ4v) is 2.34. The molecule has 0 saturated carbocycles. The molecule has 3 aromatic rings. The van der Waals surface area contributed by atoms with E-state index in [0.717, 1.165) is 12.3 Å². The monoisotopic (exact) mass is 355 g/mol. The van der Waals surface area contributed by atoms with Gasteiger partial charge in [-0.2, -0.15) is 5.10 Å². The van der Waals surface area contributed by atoms with Crippen molar-refractivity contribution < 1.29 is 14.8 Å². The summed E-state index contributed by atoms with van der Waals surface area (Å²) in [5, 5.41) is 27.0. The number of H-pyrrole nitrogens is 1. The van der Waals surface area contributed by atoms with Gasteiger partial charge in [-0.15, -0.1) is 4.68 Å². The summed E-state index contributed by atoms with van der Waals surface area (Å²) in [5.74, 6) is -0.845. The Morgan fingerprint density at radius 1 is 1.27 bits per heavy atom. The molecule has 0 amide bonds. The van der Waals surface area contributed by atoms with Crippen molar-refractivity contribution in [3.63, 3.8) is 0 Å². The number of para-hydroxylation sites is 1. The summed E-state index contributed by atoms with van der Waals surface area (Å²) < 4.78 is 5.45. The molecule has 10 nitrogen and oxygen atoms in total. The zero-order valence-corrected chi connectivity index (χ0v) is 13.3. The van der Waals surface area contributed by atoms with Gasteiger partial charge in [0, 0.05) is 0 Å². The number of aromatic amines is 1. The van der Waals surface area contributed by atoms with E-state index in [1.807, 2.05) is 0 Å². The van der Waals surface area contributed by atoms with E-state index in [-0.39, 0.29) is 16.7 Å². The molecule has 3 rings (SSSR count). The van der Waals surface area contributed by atoms with Gasteiger partial charge in [-0.3, -0.25) is 14.9 Å². The zero-order chi connectivity index (χ0) is 18.8. The van der Waals surface area contributed by atoms with Crippen LogP contribution in [0.2, 0.25) is 0 Å². The molecule has 0 radical (unpaired) electrons. The Hall–Kier alpha value is -3.95. The molecule has 26 heavy (non-hydrogen) atoms. The molecule has 0 unspecified atom stereocenters. The average Bonchev–Trinajstić information content (AvgIpc) is 2.62. The Balaban J connectivity index is 2.16. The Labute approximate surface area is 144 Å². The minimum Gasteiger partial charge on any atom is -0.867 e. The second-order valence-corrected chi connectivity index (χ2v) is 5.16. The van der Waals surface area contributed by atoms with Gasteiger partial charge in [0.2, 0.25) is 0 Å². The van der Waals surface area contributed by atoms with Crippen molar-refractivity contribution in [3.8, 4) is 11.5 Å². The van der Waals surface area contributed by atoms with Crippen LogP contribution in [0.1, 0.15) is 5.56 Å². The Kier molecular flexibility index (Phi) is 4.23. The summed E-state index contributed by atoms with van der Waals surface area (Å²) in [7, 11) is 1.28. The normalized spacial score (nSPS) is 11.1. The number of nitro benzene ring substituents is 1. The van der Waals surface area contributed by atoms with Gasteiger partial charge in [-0.1, -0.05) is 12.1 Å². The first kappa shape index (κ1) is 16.9. The van der Waals surface area contributed by atoms with Crippen LogP contribution in [0.4, 0.5) is 5.69 Å². The van der Waals surface area contributed by atoms with Gasteiger partial charge < -0.3 is 14.8 Å².